The zero-order valence-corrected chi connectivity index (χ0v) is 9.16. The van der Waals surface area contributed by atoms with Crippen LogP contribution in [0.15, 0.2) is 0 Å². The van der Waals surface area contributed by atoms with E-state index in [2.05, 4.69) is 41.8 Å². The molecule has 0 nitrogen and oxygen atoms in total. The molecule has 2 heteroatoms. The van der Waals surface area contributed by atoms with Crippen LogP contribution in [0.5, 0.6) is 0 Å². The summed E-state index contributed by atoms with van der Waals surface area (Å²) in [6, 6.07) is 1.49. The zero-order chi connectivity index (χ0) is 6.62. The van der Waals surface area contributed by atoms with Gasteiger partial charge in [0, 0.05) is 0 Å². The highest BCUT2D eigenvalue weighted by atomic mass is 127. The van der Waals surface area contributed by atoms with Crippen molar-refractivity contribution >= 4 is 27.4 Å². The van der Waals surface area contributed by atoms with E-state index in [4.69, 9.17) is 0 Å². The van der Waals surface area contributed by atoms with Crippen LogP contribution < -0.4 is 0 Å². The second kappa shape index (κ2) is 3.88. The maximum absolute atomic E-state index is 2.64. The molecule has 0 fully saturated rings. The Balaban J connectivity index is 3.11. The summed E-state index contributed by atoms with van der Waals surface area (Å²) in [7, 11) is 0. The molecule has 0 spiro atoms. The summed E-state index contributed by atoms with van der Waals surface area (Å²) >= 11 is 2.64. The molecule has 0 aromatic carbocycles. The third-order valence-corrected chi connectivity index (χ3v) is 4.29. The highest BCUT2D eigenvalue weighted by Gasteiger charge is 2.13. The number of hydrogen-bond donors (Lipinski definition) is 0. The summed E-state index contributed by atoms with van der Waals surface area (Å²) < 4.78 is 0. The van der Waals surface area contributed by atoms with Gasteiger partial charge in [0.25, 0.3) is 0 Å². The van der Waals surface area contributed by atoms with Crippen molar-refractivity contribution in [2.45, 2.75) is 38.9 Å². The summed E-state index contributed by atoms with van der Waals surface area (Å²) in [5, 5.41) is 0. The fourth-order valence-corrected chi connectivity index (χ4v) is 2.94. The molecule has 0 aliphatic heterocycles. The maximum Gasteiger partial charge on any atom is 0.119 e. The van der Waals surface area contributed by atoms with Crippen LogP contribution in [0.4, 0.5) is 0 Å². The van der Waals surface area contributed by atoms with Gasteiger partial charge < -0.3 is 0 Å². The lowest BCUT2D eigenvalue weighted by Gasteiger charge is -2.10. The van der Waals surface area contributed by atoms with Crippen LogP contribution in [0.1, 0.15) is 19.8 Å². The van der Waals surface area contributed by atoms with Gasteiger partial charge in [0.2, 0.25) is 0 Å². The van der Waals surface area contributed by atoms with Gasteiger partial charge in [-0.25, -0.2) is 0 Å². The van der Waals surface area contributed by atoms with Gasteiger partial charge in [-0.1, -0.05) is 32.9 Å². The Morgan fingerprint density at radius 2 is 1.88 bits per heavy atom. The minimum atomic E-state index is -0.708. The topological polar surface area (TPSA) is 0 Å². The van der Waals surface area contributed by atoms with E-state index in [1.165, 1.54) is 18.9 Å². The van der Waals surface area contributed by atoms with Crippen LogP contribution >= 0.6 is 21.8 Å². The molecular weight excluding hydrogens is 227 g/mol. The molecule has 0 aliphatic carbocycles. The second-order valence-corrected chi connectivity index (χ2v) is 15.5. The molecular formula is C6H15ISi. The summed E-state index contributed by atoms with van der Waals surface area (Å²) in [5.41, 5.74) is -0.708. The molecule has 50 valence electrons. The Kier molecular flexibility index (Phi) is 4.33. The van der Waals surface area contributed by atoms with Crippen LogP contribution in [0.25, 0.3) is 0 Å². The van der Waals surface area contributed by atoms with Gasteiger partial charge in [-0.2, -0.15) is 0 Å². The van der Waals surface area contributed by atoms with Gasteiger partial charge in [0.05, 0.1) is 0 Å². The van der Waals surface area contributed by atoms with E-state index < -0.39 is 5.57 Å². The van der Waals surface area contributed by atoms with Gasteiger partial charge >= 0.3 is 0 Å². The first-order chi connectivity index (χ1) is 3.56. The second-order valence-electron chi connectivity index (χ2n) is 2.82. The minimum Gasteiger partial charge on any atom is -0.119 e. The SMILES string of the molecule is CCCC[Si](C)(C)I. The van der Waals surface area contributed by atoms with E-state index in [0.717, 1.165) is 0 Å². The molecule has 0 amide bonds. The van der Waals surface area contributed by atoms with E-state index in [1.807, 2.05) is 0 Å². The van der Waals surface area contributed by atoms with Gasteiger partial charge in [0.15, 0.2) is 0 Å². The fraction of sp³-hybridized carbons (Fsp3) is 1.00. The number of rotatable bonds is 3. The van der Waals surface area contributed by atoms with Gasteiger partial charge in [-0.05, 0) is 6.04 Å². The molecule has 0 heterocycles. The molecule has 0 atom stereocenters. The van der Waals surface area contributed by atoms with E-state index in [9.17, 15) is 0 Å². The maximum atomic E-state index is 2.64. The summed E-state index contributed by atoms with van der Waals surface area (Å²) in [4.78, 5) is 0. The monoisotopic (exact) mass is 242 g/mol. The smallest absolute Gasteiger partial charge is 0.119 e. The molecule has 0 bridgehead atoms. The summed E-state index contributed by atoms with van der Waals surface area (Å²) in [6.07, 6.45) is 2.79. The molecule has 0 N–H and O–H groups in total. The minimum absolute atomic E-state index is 0.708. The Hall–Kier alpha value is 0.947. The van der Waals surface area contributed by atoms with Crippen LogP contribution in [-0.2, 0) is 0 Å². The van der Waals surface area contributed by atoms with Gasteiger partial charge in [-0.15, -0.1) is 21.8 Å². The van der Waals surface area contributed by atoms with Crippen molar-refractivity contribution in [2.75, 3.05) is 0 Å². The van der Waals surface area contributed by atoms with Crippen molar-refractivity contribution in [2.24, 2.45) is 0 Å². The molecule has 0 aliphatic rings. The first kappa shape index (κ1) is 8.95. The largest absolute Gasteiger partial charge is 0.119 e. The van der Waals surface area contributed by atoms with Crippen LogP contribution in [0.2, 0.25) is 19.1 Å². The molecule has 0 saturated carbocycles. The van der Waals surface area contributed by atoms with Gasteiger partial charge in [-0.3, -0.25) is 0 Å². The summed E-state index contributed by atoms with van der Waals surface area (Å²) in [5.74, 6) is 0. The van der Waals surface area contributed by atoms with Crippen molar-refractivity contribution in [3.63, 3.8) is 0 Å². The molecule has 0 aromatic heterocycles. The predicted octanol–water partition coefficient (Wildman–Crippen LogP) is 3.43. The van der Waals surface area contributed by atoms with Crippen LogP contribution in [0.3, 0.4) is 0 Å². The Bertz CT molecular complexity index is 56.0. The molecule has 0 saturated heterocycles. The fourth-order valence-electron chi connectivity index (χ4n) is 0.597. The molecule has 0 unspecified atom stereocenters. The average Bonchev–Trinajstić information content (AvgIpc) is 1.59. The highest BCUT2D eigenvalue weighted by Crippen LogP contribution is 2.19. The standard InChI is InChI=1S/C6H15ISi/c1-4-5-6-8(2,3)7/h4-6H2,1-3H3. The molecule has 0 rings (SSSR count). The van der Waals surface area contributed by atoms with Crippen molar-refractivity contribution < 1.29 is 0 Å². The third-order valence-electron chi connectivity index (χ3n) is 1.12. The predicted molar refractivity (Wildman–Crippen MR) is 51.2 cm³/mol. The van der Waals surface area contributed by atoms with Crippen molar-refractivity contribution in [3.05, 3.63) is 0 Å². The van der Waals surface area contributed by atoms with E-state index in [1.54, 1.807) is 0 Å². The lowest BCUT2D eigenvalue weighted by Crippen LogP contribution is -2.13. The lowest BCUT2D eigenvalue weighted by molar-refractivity contribution is 0.874. The first-order valence-electron chi connectivity index (χ1n) is 3.25. The quantitative estimate of drug-likeness (QED) is 0.404. The Morgan fingerprint density at radius 1 is 1.38 bits per heavy atom. The highest BCUT2D eigenvalue weighted by molar-refractivity contribution is 14.1. The third kappa shape index (κ3) is 6.95. The van der Waals surface area contributed by atoms with E-state index in [-0.39, 0.29) is 0 Å². The molecule has 8 heavy (non-hydrogen) atoms. The van der Waals surface area contributed by atoms with Crippen molar-refractivity contribution in [1.82, 2.24) is 0 Å². The number of hydrogen-bond acceptors (Lipinski definition) is 0. The zero-order valence-electron chi connectivity index (χ0n) is 6.00. The summed E-state index contributed by atoms with van der Waals surface area (Å²) in [6.45, 7) is 7.10. The number of unbranched alkanes of at least 4 members (excludes halogenated alkanes) is 1. The van der Waals surface area contributed by atoms with Crippen LogP contribution in [0, 0.1) is 0 Å². The van der Waals surface area contributed by atoms with E-state index in [0.29, 0.717) is 0 Å². The van der Waals surface area contributed by atoms with Crippen molar-refractivity contribution in [3.8, 4) is 0 Å². The average molecular weight is 242 g/mol. The van der Waals surface area contributed by atoms with Crippen LogP contribution in [-0.4, -0.2) is 5.57 Å². The van der Waals surface area contributed by atoms with Gasteiger partial charge in [0.1, 0.15) is 5.57 Å². The van der Waals surface area contributed by atoms with E-state index >= 15 is 0 Å². The van der Waals surface area contributed by atoms with Crippen molar-refractivity contribution in [1.29, 1.82) is 0 Å². The normalized spacial score (nSPS) is 12.0. The lowest BCUT2D eigenvalue weighted by atomic mass is 10.4. The Labute approximate surface area is 66.3 Å². The Morgan fingerprint density at radius 3 is 2.00 bits per heavy atom. The molecule has 0 radical (unpaired) electrons. The number of halogens is 1. The molecule has 0 aromatic rings. The first-order valence-corrected chi connectivity index (χ1v) is 9.57.